The van der Waals surface area contributed by atoms with Gasteiger partial charge in [-0.15, -0.1) is 0 Å². The van der Waals surface area contributed by atoms with E-state index >= 15 is 0 Å². The highest BCUT2D eigenvalue weighted by Gasteiger charge is 2.26. The predicted octanol–water partition coefficient (Wildman–Crippen LogP) is 2.50. The molecule has 1 amide bonds. The minimum atomic E-state index is -0.0318. The number of amides is 1. The second kappa shape index (κ2) is 5.56. The molecule has 0 fully saturated rings. The van der Waals surface area contributed by atoms with Crippen molar-refractivity contribution in [1.29, 1.82) is 0 Å². The summed E-state index contributed by atoms with van der Waals surface area (Å²) < 4.78 is 6.04. The average Bonchev–Trinajstić information content (AvgIpc) is 2.88. The molecular formula is C17H18N2O2. The largest absolute Gasteiger partial charge is 0.487 e. The Labute approximate surface area is 124 Å². The normalized spacial score (nSPS) is 16.2. The number of aromatic nitrogens is 1. The zero-order valence-corrected chi connectivity index (χ0v) is 12.2. The van der Waals surface area contributed by atoms with Crippen LogP contribution in [0.3, 0.4) is 0 Å². The van der Waals surface area contributed by atoms with Crippen molar-refractivity contribution in [1.82, 2.24) is 10.3 Å². The van der Waals surface area contributed by atoms with Crippen molar-refractivity contribution in [3.8, 4) is 17.0 Å². The monoisotopic (exact) mass is 282 g/mol. The first-order valence-corrected chi connectivity index (χ1v) is 7.09. The van der Waals surface area contributed by atoms with Gasteiger partial charge in [0.2, 0.25) is 5.91 Å². The fraction of sp³-hybridized carbons (Fsp3) is 0.294. The van der Waals surface area contributed by atoms with Gasteiger partial charge < -0.3 is 10.1 Å². The highest BCUT2D eigenvalue weighted by atomic mass is 16.5. The Hall–Kier alpha value is -2.36. The molecule has 0 bridgehead atoms. The molecule has 0 aliphatic carbocycles. The van der Waals surface area contributed by atoms with Gasteiger partial charge in [0.25, 0.3) is 0 Å². The van der Waals surface area contributed by atoms with E-state index in [0.717, 1.165) is 23.4 Å². The molecule has 2 aromatic rings. The first kappa shape index (κ1) is 13.6. The molecule has 21 heavy (non-hydrogen) atoms. The number of pyridine rings is 1. The molecule has 1 aromatic heterocycles. The maximum atomic E-state index is 11.0. The molecular weight excluding hydrogens is 264 g/mol. The van der Waals surface area contributed by atoms with E-state index in [9.17, 15) is 4.79 Å². The molecule has 1 aromatic carbocycles. The second-order valence-electron chi connectivity index (χ2n) is 5.40. The zero-order chi connectivity index (χ0) is 14.8. The lowest BCUT2D eigenvalue weighted by molar-refractivity contribution is -0.119. The van der Waals surface area contributed by atoms with Gasteiger partial charge in [-0.25, -0.2) is 0 Å². The van der Waals surface area contributed by atoms with Crippen molar-refractivity contribution < 1.29 is 9.53 Å². The summed E-state index contributed by atoms with van der Waals surface area (Å²) >= 11 is 0. The van der Waals surface area contributed by atoms with Crippen LogP contribution in [0.25, 0.3) is 11.3 Å². The van der Waals surface area contributed by atoms with Gasteiger partial charge in [0, 0.05) is 25.1 Å². The van der Waals surface area contributed by atoms with E-state index < -0.39 is 0 Å². The molecule has 2 heterocycles. The maximum absolute atomic E-state index is 11.0. The summed E-state index contributed by atoms with van der Waals surface area (Å²) in [6.45, 7) is 4.13. The van der Waals surface area contributed by atoms with E-state index in [1.807, 2.05) is 18.2 Å². The first-order valence-electron chi connectivity index (χ1n) is 7.09. The molecule has 1 N–H and O–H groups in total. The SMILES string of the molecule is CC(=O)NC[C@@H]1Cc2cc(C)cc(-c3ccccn3)c2O1. The molecule has 0 spiro atoms. The highest BCUT2D eigenvalue weighted by Crippen LogP contribution is 2.38. The third kappa shape index (κ3) is 2.89. The summed E-state index contributed by atoms with van der Waals surface area (Å²) in [7, 11) is 0. The topological polar surface area (TPSA) is 51.2 Å². The van der Waals surface area contributed by atoms with Crippen LogP contribution in [0, 0.1) is 6.92 Å². The standard InChI is InChI=1S/C17H18N2O2/c1-11-7-13-9-14(10-19-12(2)20)21-17(13)15(8-11)16-5-3-4-6-18-16/h3-8,14H,9-10H2,1-2H3,(H,19,20)/t14-/m0/s1. The molecule has 4 nitrogen and oxygen atoms in total. The Morgan fingerprint density at radius 1 is 1.43 bits per heavy atom. The van der Waals surface area contributed by atoms with Crippen LogP contribution >= 0.6 is 0 Å². The highest BCUT2D eigenvalue weighted by molar-refractivity contribution is 5.73. The van der Waals surface area contributed by atoms with Crippen LogP contribution in [0.1, 0.15) is 18.1 Å². The number of hydrogen-bond donors (Lipinski definition) is 1. The molecule has 0 saturated carbocycles. The molecule has 3 rings (SSSR count). The van der Waals surface area contributed by atoms with E-state index in [1.165, 1.54) is 18.1 Å². The summed E-state index contributed by atoms with van der Waals surface area (Å²) in [5.41, 5.74) is 4.32. The number of aryl methyl sites for hydroxylation is 1. The van der Waals surface area contributed by atoms with Gasteiger partial charge in [-0.2, -0.15) is 0 Å². The summed E-state index contributed by atoms with van der Waals surface area (Å²) in [4.78, 5) is 15.5. The molecule has 108 valence electrons. The number of rotatable bonds is 3. The van der Waals surface area contributed by atoms with Crippen LogP contribution in [0.2, 0.25) is 0 Å². The Bertz CT molecular complexity index is 668. The molecule has 0 unspecified atom stereocenters. The molecule has 0 saturated heterocycles. The van der Waals surface area contributed by atoms with Gasteiger partial charge in [0.1, 0.15) is 11.9 Å². The van der Waals surface area contributed by atoms with E-state index in [-0.39, 0.29) is 12.0 Å². The fourth-order valence-electron chi connectivity index (χ4n) is 2.68. The maximum Gasteiger partial charge on any atom is 0.217 e. The summed E-state index contributed by atoms with van der Waals surface area (Å²) in [5.74, 6) is 0.866. The van der Waals surface area contributed by atoms with Gasteiger partial charge in [-0.1, -0.05) is 12.1 Å². The van der Waals surface area contributed by atoms with Gasteiger partial charge in [-0.3, -0.25) is 9.78 Å². The third-order valence-corrected chi connectivity index (χ3v) is 3.56. The lowest BCUT2D eigenvalue weighted by Crippen LogP contribution is -2.32. The van der Waals surface area contributed by atoms with E-state index in [1.54, 1.807) is 6.20 Å². The number of carbonyl (C=O) groups excluding carboxylic acids is 1. The lowest BCUT2D eigenvalue weighted by atomic mass is 10.0. The van der Waals surface area contributed by atoms with Crippen molar-refractivity contribution in [2.24, 2.45) is 0 Å². The Morgan fingerprint density at radius 3 is 3.00 bits per heavy atom. The van der Waals surface area contributed by atoms with Crippen LogP contribution in [-0.2, 0) is 11.2 Å². The Morgan fingerprint density at radius 2 is 2.29 bits per heavy atom. The third-order valence-electron chi connectivity index (χ3n) is 3.56. The van der Waals surface area contributed by atoms with Crippen LogP contribution in [0.15, 0.2) is 36.5 Å². The van der Waals surface area contributed by atoms with E-state index in [2.05, 4.69) is 29.4 Å². The predicted molar refractivity (Wildman–Crippen MR) is 81.2 cm³/mol. The molecule has 0 radical (unpaired) electrons. The van der Waals surface area contributed by atoms with Crippen molar-refractivity contribution in [2.45, 2.75) is 26.4 Å². The van der Waals surface area contributed by atoms with Crippen molar-refractivity contribution in [3.63, 3.8) is 0 Å². The second-order valence-corrected chi connectivity index (χ2v) is 5.40. The van der Waals surface area contributed by atoms with Crippen LogP contribution in [0.5, 0.6) is 5.75 Å². The van der Waals surface area contributed by atoms with Gasteiger partial charge in [-0.05, 0) is 36.2 Å². The smallest absolute Gasteiger partial charge is 0.217 e. The lowest BCUT2D eigenvalue weighted by Gasteiger charge is -2.13. The molecule has 1 aliphatic heterocycles. The van der Waals surface area contributed by atoms with Crippen molar-refractivity contribution >= 4 is 5.91 Å². The van der Waals surface area contributed by atoms with Gasteiger partial charge >= 0.3 is 0 Å². The summed E-state index contributed by atoms with van der Waals surface area (Å²) in [6.07, 6.45) is 2.60. The molecule has 1 atom stereocenters. The molecule has 1 aliphatic rings. The number of nitrogens with one attached hydrogen (secondary N) is 1. The van der Waals surface area contributed by atoms with E-state index in [0.29, 0.717) is 6.54 Å². The van der Waals surface area contributed by atoms with Crippen LogP contribution in [-0.4, -0.2) is 23.5 Å². The number of fused-ring (bicyclic) bond motifs is 1. The number of ether oxygens (including phenoxy) is 1. The number of benzene rings is 1. The Balaban J connectivity index is 1.91. The van der Waals surface area contributed by atoms with Gasteiger partial charge in [0.15, 0.2) is 0 Å². The molecule has 4 heteroatoms. The minimum Gasteiger partial charge on any atom is -0.487 e. The van der Waals surface area contributed by atoms with Crippen molar-refractivity contribution in [3.05, 3.63) is 47.7 Å². The van der Waals surface area contributed by atoms with Crippen molar-refractivity contribution in [2.75, 3.05) is 6.54 Å². The quantitative estimate of drug-likeness (QED) is 0.941. The number of carbonyl (C=O) groups is 1. The zero-order valence-electron chi connectivity index (χ0n) is 12.2. The number of hydrogen-bond acceptors (Lipinski definition) is 3. The van der Waals surface area contributed by atoms with E-state index in [4.69, 9.17) is 4.74 Å². The average molecular weight is 282 g/mol. The Kier molecular flexibility index (Phi) is 3.60. The van der Waals surface area contributed by atoms with Crippen LogP contribution < -0.4 is 10.1 Å². The summed E-state index contributed by atoms with van der Waals surface area (Å²) in [6, 6.07) is 10.1. The van der Waals surface area contributed by atoms with Crippen LogP contribution in [0.4, 0.5) is 0 Å². The summed E-state index contributed by atoms with van der Waals surface area (Å²) in [5, 5.41) is 2.82. The fourth-order valence-corrected chi connectivity index (χ4v) is 2.68. The first-order chi connectivity index (χ1) is 10.1. The van der Waals surface area contributed by atoms with Gasteiger partial charge in [0.05, 0.1) is 12.2 Å². The minimum absolute atomic E-state index is 0.00633. The number of nitrogens with zero attached hydrogens (tertiary/aromatic N) is 1.